The minimum Gasteiger partial charge on any atom is -0.396 e. The van der Waals surface area contributed by atoms with Gasteiger partial charge in [-0.1, -0.05) is 13.3 Å². The van der Waals surface area contributed by atoms with Crippen molar-refractivity contribution in [2.75, 3.05) is 18.5 Å². The maximum atomic E-state index is 10.4. The lowest BCUT2D eigenvalue weighted by Gasteiger charge is -2.14. The Morgan fingerprint density at radius 3 is 2.82 bits per heavy atom. The molecule has 1 aromatic heterocycles. The first-order valence-corrected chi connectivity index (χ1v) is 5.62. The Bertz CT molecular complexity index is 353. The molecule has 0 saturated heterocycles. The van der Waals surface area contributed by atoms with Crippen molar-refractivity contribution in [3.05, 3.63) is 28.4 Å². The minimum atomic E-state index is -0.475. The van der Waals surface area contributed by atoms with Gasteiger partial charge in [0.05, 0.1) is 4.92 Å². The molecule has 6 nitrogen and oxygen atoms in total. The maximum Gasteiger partial charge on any atom is 0.287 e. The third-order valence-electron chi connectivity index (χ3n) is 2.65. The molecule has 0 radical (unpaired) electrons. The number of nitrogens with zero attached hydrogens (tertiary/aromatic N) is 2. The summed E-state index contributed by atoms with van der Waals surface area (Å²) < 4.78 is 0. The number of nitrogens with one attached hydrogen (secondary N) is 1. The van der Waals surface area contributed by atoms with Gasteiger partial charge in [0, 0.05) is 19.2 Å². The lowest BCUT2D eigenvalue weighted by Crippen LogP contribution is -2.15. The van der Waals surface area contributed by atoms with Crippen LogP contribution >= 0.6 is 0 Å². The highest BCUT2D eigenvalue weighted by Gasteiger charge is 2.07. The molecular formula is C11H17N3O3. The van der Waals surface area contributed by atoms with Gasteiger partial charge < -0.3 is 10.4 Å². The molecule has 0 fully saturated rings. The van der Waals surface area contributed by atoms with Crippen LogP contribution in [0.15, 0.2) is 18.3 Å². The molecule has 0 saturated carbocycles. The van der Waals surface area contributed by atoms with Crippen molar-refractivity contribution in [2.24, 2.45) is 5.92 Å². The Morgan fingerprint density at radius 1 is 1.59 bits per heavy atom. The first kappa shape index (κ1) is 13.4. The molecule has 17 heavy (non-hydrogen) atoms. The van der Waals surface area contributed by atoms with Gasteiger partial charge in [0.15, 0.2) is 0 Å². The van der Waals surface area contributed by atoms with E-state index in [0.717, 1.165) is 12.8 Å². The summed E-state index contributed by atoms with van der Waals surface area (Å²) in [5.74, 6) is 1.00. The average molecular weight is 239 g/mol. The van der Waals surface area contributed by atoms with E-state index in [0.29, 0.717) is 18.3 Å². The molecule has 2 N–H and O–H groups in total. The van der Waals surface area contributed by atoms with Crippen LogP contribution in [0.5, 0.6) is 0 Å². The number of anilines is 1. The topological polar surface area (TPSA) is 88.3 Å². The smallest absolute Gasteiger partial charge is 0.287 e. The summed E-state index contributed by atoms with van der Waals surface area (Å²) in [6.45, 7) is 2.95. The summed E-state index contributed by atoms with van der Waals surface area (Å²) in [5.41, 5.74) is -0.0158. The van der Waals surface area contributed by atoms with Gasteiger partial charge >= 0.3 is 0 Å². The zero-order valence-electron chi connectivity index (χ0n) is 9.80. The molecule has 1 aromatic rings. The van der Waals surface area contributed by atoms with E-state index >= 15 is 0 Å². The predicted octanol–water partition coefficient (Wildman–Crippen LogP) is 1.81. The number of hydrogen-bond acceptors (Lipinski definition) is 5. The maximum absolute atomic E-state index is 10.4. The predicted molar refractivity (Wildman–Crippen MR) is 64.9 cm³/mol. The number of hydrogen-bond donors (Lipinski definition) is 2. The highest BCUT2D eigenvalue weighted by atomic mass is 16.6. The summed E-state index contributed by atoms with van der Waals surface area (Å²) in [7, 11) is 0. The Labute approximate surface area is 99.8 Å². The van der Waals surface area contributed by atoms with Crippen molar-refractivity contribution in [2.45, 2.75) is 19.8 Å². The van der Waals surface area contributed by atoms with Gasteiger partial charge in [0.25, 0.3) is 5.69 Å². The second-order valence-corrected chi connectivity index (χ2v) is 3.83. The fourth-order valence-electron chi connectivity index (χ4n) is 1.48. The molecule has 0 aliphatic carbocycles. The van der Waals surface area contributed by atoms with Crippen LogP contribution in [0.3, 0.4) is 0 Å². The van der Waals surface area contributed by atoms with Crippen molar-refractivity contribution in [3.63, 3.8) is 0 Å². The SMILES string of the molecule is CCC(CCO)CNc1ccc([N+](=O)[O-])cn1. The van der Waals surface area contributed by atoms with Gasteiger partial charge in [-0.25, -0.2) is 4.98 Å². The highest BCUT2D eigenvalue weighted by Crippen LogP contribution is 2.13. The number of rotatable bonds is 7. The zero-order valence-corrected chi connectivity index (χ0v) is 9.80. The fraction of sp³-hybridized carbons (Fsp3) is 0.545. The summed E-state index contributed by atoms with van der Waals surface area (Å²) >= 11 is 0. The lowest BCUT2D eigenvalue weighted by molar-refractivity contribution is -0.385. The van der Waals surface area contributed by atoms with Crippen molar-refractivity contribution in [3.8, 4) is 0 Å². The molecule has 6 heteroatoms. The zero-order chi connectivity index (χ0) is 12.7. The van der Waals surface area contributed by atoms with Gasteiger partial charge in [0.1, 0.15) is 12.0 Å². The van der Waals surface area contributed by atoms with Crippen LogP contribution in [0.4, 0.5) is 11.5 Å². The summed E-state index contributed by atoms with van der Waals surface area (Å²) in [5, 5.41) is 22.4. The fourth-order valence-corrected chi connectivity index (χ4v) is 1.48. The van der Waals surface area contributed by atoms with Crippen LogP contribution in [0.25, 0.3) is 0 Å². The average Bonchev–Trinajstić information content (AvgIpc) is 2.35. The molecule has 1 atom stereocenters. The Hall–Kier alpha value is -1.69. The number of aliphatic hydroxyl groups excluding tert-OH is 1. The first-order valence-electron chi connectivity index (χ1n) is 5.62. The lowest BCUT2D eigenvalue weighted by atomic mass is 10.0. The number of pyridine rings is 1. The van der Waals surface area contributed by atoms with Crippen LogP contribution in [0, 0.1) is 16.0 Å². The van der Waals surface area contributed by atoms with E-state index in [9.17, 15) is 10.1 Å². The van der Waals surface area contributed by atoms with E-state index in [4.69, 9.17) is 5.11 Å². The molecule has 1 rings (SSSR count). The van der Waals surface area contributed by atoms with Crippen LogP contribution in [-0.2, 0) is 0 Å². The summed E-state index contributed by atoms with van der Waals surface area (Å²) in [6, 6.07) is 3.01. The largest absolute Gasteiger partial charge is 0.396 e. The molecular weight excluding hydrogens is 222 g/mol. The first-order chi connectivity index (χ1) is 8.17. The summed E-state index contributed by atoms with van der Waals surface area (Å²) in [6.07, 6.45) is 2.95. The molecule has 1 heterocycles. The van der Waals surface area contributed by atoms with Crippen molar-refractivity contribution < 1.29 is 10.0 Å². The molecule has 0 aliphatic rings. The third-order valence-corrected chi connectivity index (χ3v) is 2.65. The summed E-state index contributed by atoms with van der Waals surface area (Å²) in [4.78, 5) is 13.9. The number of nitro groups is 1. The van der Waals surface area contributed by atoms with Gasteiger partial charge in [-0.2, -0.15) is 0 Å². The number of aromatic nitrogens is 1. The van der Waals surface area contributed by atoms with Crippen molar-refractivity contribution in [1.82, 2.24) is 4.98 Å². The molecule has 0 aliphatic heterocycles. The van der Waals surface area contributed by atoms with E-state index in [1.165, 1.54) is 12.3 Å². The quantitative estimate of drug-likeness (QED) is 0.559. The second kappa shape index (κ2) is 6.80. The van der Waals surface area contributed by atoms with E-state index < -0.39 is 4.92 Å². The number of aliphatic hydroxyl groups is 1. The van der Waals surface area contributed by atoms with Crippen LogP contribution in [0.1, 0.15) is 19.8 Å². The van der Waals surface area contributed by atoms with Crippen molar-refractivity contribution in [1.29, 1.82) is 0 Å². The van der Waals surface area contributed by atoms with Crippen LogP contribution in [0.2, 0.25) is 0 Å². The standard InChI is InChI=1S/C11H17N3O3/c1-2-9(5-6-15)7-12-11-4-3-10(8-13-11)14(16)17/h3-4,8-9,15H,2,5-7H2,1H3,(H,12,13). The molecule has 0 amide bonds. The van der Waals surface area contributed by atoms with E-state index in [-0.39, 0.29) is 12.3 Å². The highest BCUT2D eigenvalue weighted by molar-refractivity contribution is 5.40. The molecule has 94 valence electrons. The van der Waals surface area contributed by atoms with Gasteiger partial charge in [0.2, 0.25) is 0 Å². The van der Waals surface area contributed by atoms with Gasteiger partial charge in [-0.05, 0) is 18.4 Å². The Balaban J connectivity index is 2.48. The molecule has 0 bridgehead atoms. The van der Waals surface area contributed by atoms with Gasteiger partial charge in [-0.3, -0.25) is 10.1 Å². The molecule has 0 spiro atoms. The monoisotopic (exact) mass is 239 g/mol. The van der Waals surface area contributed by atoms with E-state index in [1.54, 1.807) is 6.07 Å². The molecule has 1 unspecified atom stereocenters. The van der Waals surface area contributed by atoms with Gasteiger partial charge in [-0.15, -0.1) is 0 Å². The normalized spacial score (nSPS) is 12.1. The third kappa shape index (κ3) is 4.36. The van der Waals surface area contributed by atoms with E-state index in [2.05, 4.69) is 17.2 Å². The minimum absolute atomic E-state index is 0.0158. The van der Waals surface area contributed by atoms with Crippen LogP contribution in [-0.4, -0.2) is 28.2 Å². The van der Waals surface area contributed by atoms with E-state index in [1.807, 2.05) is 0 Å². The Morgan fingerprint density at radius 2 is 2.35 bits per heavy atom. The Kier molecular flexibility index (Phi) is 5.35. The van der Waals surface area contributed by atoms with Crippen LogP contribution < -0.4 is 5.32 Å². The van der Waals surface area contributed by atoms with Crippen molar-refractivity contribution >= 4 is 11.5 Å². The molecule has 0 aromatic carbocycles. The second-order valence-electron chi connectivity index (χ2n) is 3.83.